The smallest absolute Gasteiger partial charge is 0.219 e. The average molecular weight is 449 g/mol. The van der Waals surface area contributed by atoms with Crippen LogP contribution in [-0.4, -0.2) is 116 Å². The van der Waals surface area contributed by atoms with Gasteiger partial charge in [0.1, 0.15) is 0 Å². The minimum Gasteiger partial charge on any atom is -0.493 e. The number of benzene rings is 1. The molecule has 2 saturated heterocycles. The lowest BCUT2D eigenvalue weighted by Gasteiger charge is -2.38. The Labute approximate surface area is 192 Å². The van der Waals surface area contributed by atoms with E-state index in [-0.39, 0.29) is 5.91 Å². The lowest BCUT2D eigenvalue weighted by molar-refractivity contribution is -0.130. The second-order valence-electron chi connectivity index (χ2n) is 9.46. The molecule has 1 aromatic carbocycles. The Morgan fingerprint density at radius 1 is 1.12 bits per heavy atom. The van der Waals surface area contributed by atoms with E-state index in [1.54, 1.807) is 14.0 Å². The van der Waals surface area contributed by atoms with Gasteiger partial charge in [0.15, 0.2) is 11.5 Å². The second kappa shape index (κ2) is 11.3. The maximum absolute atomic E-state index is 11.5. The van der Waals surface area contributed by atoms with E-state index in [0.29, 0.717) is 19.7 Å². The molecule has 1 amide bonds. The monoisotopic (exact) mass is 448 g/mol. The Kier molecular flexibility index (Phi) is 8.76. The second-order valence-corrected chi connectivity index (χ2v) is 9.46. The molecule has 0 bridgehead atoms. The topological polar surface area (TPSA) is 68.7 Å². The first-order valence-corrected chi connectivity index (χ1v) is 11.6. The zero-order chi connectivity index (χ0) is 23.1. The molecule has 8 nitrogen and oxygen atoms in total. The third-order valence-corrected chi connectivity index (χ3v) is 6.39. The summed E-state index contributed by atoms with van der Waals surface area (Å²) in [7, 11) is 5.79. The number of β-amino-alcohol motifs (C(OH)–C–C–N with tert-alkyl or cyclic N) is 1. The van der Waals surface area contributed by atoms with Gasteiger partial charge in [-0.15, -0.1) is 0 Å². The molecule has 1 aromatic rings. The Balaban J connectivity index is 1.48. The molecule has 2 aliphatic heterocycles. The summed E-state index contributed by atoms with van der Waals surface area (Å²) in [5.41, 5.74) is 0.458. The number of likely N-dealkylation sites (tertiary alicyclic amines) is 1. The van der Waals surface area contributed by atoms with Gasteiger partial charge in [-0.05, 0) is 44.6 Å². The van der Waals surface area contributed by atoms with Crippen molar-refractivity contribution in [3.05, 3.63) is 23.8 Å². The Morgan fingerprint density at radius 2 is 1.88 bits per heavy atom. The van der Waals surface area contributed by atoms with Gasteiger partial charge in [-0.3, -0.25) is 14.6 Å². The molecule has 8 heteroatoms. The zero-order valence-electron chi connectivity index (χ0n) is 20.2. The van der Waals surface area contributed by atoms with Crippen molar-refractivity contribution in [3.63, 3.8) is 0 Å². The molecule has 0 saturated carbocycles. The van der Waals surface area contributed by atoms with E-state index in [1.807, 2.05) is 17.0 Å². The Bertz CT molecular complexity index is 752. The third-order valence-electron chi connectivity index (χ3n) is 6.39. The Hall–Kier alpha value is -1.87. The standard InChI is InChI=1S/C24H40N4O4/c1-20(29)28-13-11-26(12-14-28)18-24(30)8-10-27(19-24)17-21-6-7-22(23(16-21)31-4)32-15-5-9-25(2)3/h6-7,16,30H,5,8-15,17-19H2,1-4H3/t24-/m0/s1. The number of methoxy groups -OCH3 is 1. The van der Waals surface area contributed by atoms with Gasteiger partial charge in [0, 0.05) is 65.8 Å². The summed E-state index contributed by atoms with van der Waals surface area (Å²) >= 11 is 0. The summed E-state index contributed by atoms with van der Waals surface area (Å²) in [6.07, 6.45) is 1.73. The highest BCUT2D eigenvalue weighted by Crippen LogP contribution is 2.30. The normalized spacial score (nSPS) is 22.5. The number of nitrogens with zero attached hydrogens (tertiary/aromatic N) is 4. The summed E-state index contributed by atoms with van der Waals surface area (Å²) in [5.74, 6) is 1.67. The zero-order valence-corrected chi connectivity index (χ0v) is 20.2. The first-order chi connectivity index (χ1) is 15.3. The molecule has 2 heterocycles. The number of rotatable bonds is 10. The summed E-state index contributed by atoms with van der Waals surface area (Å²) in [6, 6.07) is 6.11. The van der Waals surface area contributed by atoms with Gasteiger partial charge in [-0.1, -0.05) is 6.07 Å². The predicted molar refractivity (Wildman–Crippen MR) is 125 cm³/mol. The minimum absolute atomic E-state index is 0.135. The number of amides is 1. The van der Waals surface area contributed by atoms with Crippen LogP contribution in [0.15, 0.2) is 18.2 Å². The quantitative estimate of drug-likeness (QED) is 0.538. The van der Waals surface area contributed by atoms with E-state index < -0.39 is 5.60 Å². The highest BCUT2D eigenvalue weighted by atomic mass is 16.5. The fourth-order valence-corrected chi connectivity index (χ4v) is 4.59. The van der Waals surface area contributed by atoms with E-state index in [1.165, 1.54) is 0 Å². The molecule has 32 heavy (non-hydrogen) atoms. The van der Waals surface area contributed by atoms with E-state index in [2.05, 4.69) is 34.9 Å². The summed E-state index contributed by atoms with van der Waals surface area (Å²) in [5, 5.41) is 11.2. The van der Waals surface area contributed by atoms with Crippen molar-refractivity contribution in [2.75, 3.05) is 80.2 Å². The van der Waals surface area contributed by atoms with Crippen LogP contribution in [0.25, 0.3) is 0 Å². The van der Waals surface area contributed by atoms with Crippen LogP contribution in [0.1, 0.15) is 25.3 Å². The number of aliphatic hydroxyl groups is 1. The van der Waals surface area contributed by atoms with Crippen LogP contribution in [0.2, 0.25) is 0 Å². The van der Waals surface area contributed by atoms with Crippen LogP contribution < -0.4 is 9.47 Å². The fourth-order valence-electron chi connectivity index (χ4n) is 4.59. The molecule has 1 N–H and O–H groups in total. The minimum atomic E-state index is -0.696. The molecule has 2 fully saturated rings. The Morgan fingerprint density at radius 3 is 2.53 bits per heavy atom. The maximum Gasteiger partial charge on any atom is 0.219 e. The predicted octanol–water partition coefficient (Wildman–Crippen LogP) is 1.13. The van der Waals surface area contributed by atoms with Crippen molar-refractivity contribution in [2.24, 2.45) is 0 Å². The van der Waals surface area contributed by atoms with Crippen molar-refractivity contribution < 1.29 is 19.4 Å². The molecular weight excluding hydrogens is 408 g/mol. The van der Waals surface area contributed by atoms with Crippen molar-refractivity contribution in [2.45, 2.75) is 31.9 Å². The first-order valence-electron chi connectivity index (χ1n) is 11.6. The van der Waals surface area contributed by atoms with Gasteiger partial charge in [-0.25, -0.2) is 0 Å². The molecule has 0 aromatic heterocycles. The highest BCUT2D eigenvalue weighted by Gasteiger charge is 2.38. The third kappa shape index (κ3) is 7.07. The van der Waals surface area contributed by atoms with Gasteiger partial charge in [0.2, 0.25) is 5.91 Å². The van der Waals surface area contributed by atoms with Gasteiger partial charge in [-0.2, -0.15) is 0 Å². The lowest BCUT2D eigenvalue weighted by atomic mass is 10.0. The molecule has 0 spiro atoms. The van der Waals surface area contributed by atoms with Crippen LogP contribution in [0.3, 0.4) is 0 Å². The van der Waals surface area contributed by atoms with Gasteiger partial charge >= 0.3 is 0 Å². The van der Waals surface area contributed by atoms with Gasteiger partial charge < -0.3 is 24.4 Å². The van der Waals surface area contributed by atoms with Crippen LogP contribution >= 0.6 is 0 Å². The fraction of sp³-hybridized carbons (Fsp3) is 0.708. The maximum atomic E-state index is 11.5. The summed E-state index contributed by atoms with van der Waals surface area (Å²) < 4.78 is 11.5. The van der Waals surface area contributed by atoms with Gasteiger partial charge in [0.25, 0.3) is 0 Å². The first kappa shape index (κ1) is 24.8. The molecule has 180 valence electrons. The molecular formula is C24H40N4O4. The van der Waals surface area contributed by atoms with Crippen LogP contribution in [0.4, 0.5) is 0 Å². The van der Waals surface area contributed by atoms with Crippen molar-refractivity contribution in [3.8, 4) is 11.5 Å². The molecule has 0 radical (unpaired) electrons. The number of carbonyl (C=O) groups is 1. The van der Waals surface area contributed by atoms with Crippen LogP contribution in [-0.2, 0) is 11.3 Å². The van der Waals surface area contributed by atoms with Crippen molar-refractivity contribution >= 4 is 5.91 Å². The molecule has 0 unspecified atom stereocenters. The van der Waals surface area contributed by atoms with Crippen LogP contribution in [0, 0.1) is 0 Å². The number of carbonyl (C=O) groups excluding carboxylic acids is 1. The van der Waals surface area contributed by atoms with E-state index in [0.717, 1.165) is 75.7 Å². The van der Waals surface area contributed by atoms with Gasteiger partial charge in [0.05, 0.1) is 19.3 Å². The van der Waals surface area contributed by atoms with Crippen LogP contribution in [0.5, 0.6) is 11.5 Å². The number of hydrogen-bond acceptors (Lipinski definition) is 7. The van der Waals surface area contributed by atoms with E-state index >= 15 is 0 Å². The van der Waals surface area contributed by atoms with Crippen molar-refractivity contribution in [1.29, 1.82) is 0 Å². The summed E-state index contributed by atoms with van der Waals surface area (Å²) in [6.45, 7) is 9.40. The SMILES string of the molecule is COc1cc(CN2CC[C@](O)(CN3CCN(C(C)=O)CC3)C2)ccc1OCCCN(C)C. The number of piperazine rings is 1. The van der Waals surface area contributed by atoms with E-state index in [9.17, 15) is 9.90 Å². The number of ether oxygens (including phenoxy) is 2. The summed E-state index contributed by atoms with van der Waals surface area (Å²) in [4.78, 5) is 20.1. The molecule has 1 atom stereocenters. The van der Waals surface area contributed by atoms with E-state index in [4.69, 9.17) is 9.47 Å². The highest BCUT2D eigenvalue weighted by molar-refractivity contribution is 5.73. The average Bonchev–Trinajstić information content (AvgIpc) is 3.12. The molecule has 2 aliphatic rings. The lowest BCUT2D eigenvalue weighted by Crippen LogP contribution is -2.53. The number of hydrogen-bond donors (Lipinski definition) is 1. The largest absolute Gasteiger partial charge is 0.493 e. The molecule has 0 aliphatic carbocycles. The van der Waals surface area contributed by atoms with Crippen molar-refractivity contribution in [1.82, 2.24) is 19.6 Å². The molecule has 3 rings (SSSR count).